The molecule has 1 N–H and O–H groups in total. The standard InChI is InChI=1S/C24H31ClN2O4S/c1-18(2)31-22-11-7-19(8-12-22)5-3-15-26-24(28)20-6-4-16-27(17-20)32(29,30)23-13-9-21(25)10-14-23/h7-14,18,20H,3-6,15-17H2,1-2H3,(H,26,28). The molecule has 2 aromatic rings. The van der Waals surface area contributed by atoms with Crippen molar-refractivity contribution in [3.8, 4) is 5.75 Å². The molecule has 174 valence electrons. The van der Waals surface area contributed by atoms with Gasteiger partial charge in [-0.2, -0.15) is 4.31 Å². The molecule has 0 aliphatic carbocycles. The molecular weight excluding hydrogens is 448 g/mol. The largest absolute Gasteiger partial charge is 0.491 e. The number of hydrogen-bond acceptors (Lipinski definition) is 4. The molecule has 6 nitrogen and oxygen atoms in total. The lowest BCUT2D eigenvalue weighted by Crippen LogP contribution is -2.45. The van der Waals surface area contributed by atoms with Crippen LogP contribution >= 0.6 is 11.6 Å². The fourth-order valence-corrected chi connectivity index (χ4v) is 5.44. The van der Waals surface area contributed by atoms with E-state index in [4.69, 9.17) is 16.3 Å². The van der Waals surface area contributed by atoms with E-state index in [9.17, 15) is 13.2 Å². The predicted molar refractivity (Wildman–Crippen MR) is 126 cm³/mol. The van der Waals surface area contributed by atoms with Gasteiger partial charge in [-0.15, -0.1) is 0 Å². The summed E-state index contributed by atoms with van der Waals surface area (Å²) in [5, 5.41) is 3.46. The number of aryl methyl sites for hydroxylation is 1. The van der Waals surface area contributed by atoms with Crippen molar-refractivity contribution in [2.45, 2.75) is 50.5 Å². The first-order valence-electron chi connectivity index (χ1n) is 11.0. The number of sulfonamides is 1. The van der Waals surface area contributed by atoms with Crippen LogP contribution in [0.25, 0.3) is 0 Å². The van der Waals surface area contributed by atoms with Crippen LogP contribution in [-0.2, 0) is 21.2 Å². The number of carbonyl (C=O) groups excluding carboxylic acids is 1. The van der Waals surface area contributed by atoms with E-state index in [0.29, 0.717) is 31.0 Å². The van der Waals surface area contributed by atoms with E-state index in [0.717, 1.165) is 18.6 Å². The van der Waals surface area contributed by atoms with Crippen molar-refractivity contribution >= 4 is 27.5 Å². The molecule has 1 saturated heterocycles. The molecule has 1 heterocycles. The Balaban J connectivity index is 1.46. The zero-order valence-electron chi connectivity index (χ0n) is 18.6. The zero-order valence-corrected chi connectivity index (χ0v) is 20.2. The summed E-state index contributed by atoms with van der Waals surface area (Å²) in [6.07, 6.45) is 3.17. The zero-order chi connectivity index (χ0) is 23.1. The van der Waals surface area contributed by atoms with Crippen LogP contribution < -0.4 is 10.1 Å². The minimum Gasteiger partial charge on any atom is -0.491 e. The van der Waals surface area contributed by atoms with E-state index >= 15 is 0 Å². The minimum atomic E-state index is -3.63. The van der Waals surface area contributed by atoms with Crippen molar-refractivity contribution in [2.75, 3.05) is 19.6 Å². The average Bonchev–Trinajstić information content (AvgIpc) is 2.77. The molecule has 0 radical (unpaired) electrons. The van der Waals surface area contributed by atoms with Gasteiger partial charge in [0.15, 0.2) is 0 Å². The van der Waals surface area contributed by atoms with Gasteiger partial charge < -0.3 is 10.1 Å². The van der Waals surface area contributed by atoms with Crippen LogP contribution in [0.5, 0.6) is 5.75 Å². The van der Waals surface area contributed by atoms with Crippen LogP contribution in [0.15, 0.2) is 53.4 Å². The smallest absolute Gasteiger partial charge is 0.243 e. The molecule has 32 heavy (non-hydrogen) atoms. The Labute approximate surface area is 196 Å². The van der Waals surface area contributed by atoms with Gasteiger partial charge in [-0.1, -0.05) is 23.7 Å². The molecule has 0 saturated carbocycles. The maximum atomic E-state index is 12.9. The molecule has 3 rings (SSSR count). The summed E-state index contributed by atoms with van der Waals surface area (Å²) >= 11 is 5.87. The average molecular weight is 479 g/mol. The lowest BCUT2D eigenvalue weighted by Gasteiger charge is -2.31. The van der Waals surface area contributed by atoms with E-state index in [2.05, 4.69) is 5.32 Å². The molecule has 1 fully saturated rings. The lowest BCUT2D eigenvalue weighted by molar-refractivity contribution is -0.126. The topological polar surface area (TPSA) is 75.7 Å². The monoisotopic (exact) mass is 478 g/mol. The van der Waals surface area contributed by atoms with Gasteiger partial charge in [0.05, 0.1) is 16.9 Å². The van der Waals surface area contributed by atoms with Gasteiger partial charge in [-0.3, -0.25) is 4.79 Å². The number of nitrogens with one attached hydrogen (secondary N) is 1. The summed E-state index contributed by atoms with van der Waals surface area (Å²) in [4.78, 5) is 12.8. The number of ether oxygens (including phenoxy) is 1. The van der Waals surface area contributed by atoms with Crippen molar-refractivity contribution in [1.82, 2.24) is 9.62 Å². The minimum absolute atomic E-state index is 0.0818. The van der Waals surface area contributed by atoms with Gasteiger partial charge in [0, 0.05) is 24.7 Å². The van der Waals surface area contributed by atoms with Crippen LogP contribution in [0.4, 0.5) is 0 Å². The third-order valence-electron chi connectivity index (χ3n) is 5.44. The molecule has 1 amide bonds. The van der Waals surface area contributed by atoms with E-state index in [-0.39, 0.29) is 29.4 Å². The summed E-state index contributed by atoms with van der Waals surface area (Å²) in [6, 6.07) is 14.1. The highest BCUT2D eigenvalue weighted by Crippen LogP contribution is 2.25. The van der Waals surface area contributed by atoms with Gasteiger partial charge in [-0.05, 0) is 81.5 Å². The molecule has 1 aliphatic rings. The number of piperidine rings is 1. The van der Waals surface area contributed by atoms with Gasteiger partial charge in [0.25, 0.3) is 0 Å². The van der Waals surface area contributed by atoms with Crippen LogP contribution in [0, 0.1) is 5.92 Å². The third kappa shape index (κ3) is 6.70. The maximum Gasteiger partial charge on any atom is 0.243 e. The Hall–Kier alpha value is -2.09. The molecule has 1 unspecified atom stereocenters. The number of halogens is 1. The second-order valence-corrected chi connectivity index (χ2v) is 10.7. The summed E-state index contributed by atoms with van der Waals surface area (Å²) in [7, 11) is -3.63. The van der Waals surface area contributed by atoms with Crippen molar-refractivity contribution in [3.05, 3.63) is 59.1 Å². The highest BCUT2D eigenvalue weighted by Gasteiger charge is 2.33. The fraction of sp³-hybridized carbons (Fsp3) is 0.458. The van der Waals surface area contributed by atoms with E-state index < -0.39 is 10.0 Å². The number of amides is 1. The molecule has 1 atom stereocenters. The number of hydrogen-bond donors (Lipinski definition) is 1. The first-order valence-corrected chi connectivity index (χ1v) is 12.9. The Morgan fingerprint density at radius 3 is 2.50 bits per heavy atom. The molecule has 0 bridgehead atoms. The highest BCUT2D eigenvalue weighted by molar-refractivity contribution is 7.89. The number of benzene rings is 2. The van der Waals surface area contributed by atoms with E-state index in [1.54, 1.807) is 12.1 Å². The summed E-state index contributed by atoms with van der Waals surface area (Å²) in [5.41, 5.74) is 1.19. The lowest BCUT2D eigenvalue weighted by atomic mass is 9.99. The number of nitrogens with zero attached hydrogens (tertiary/aromatic N) is 1. The van der Waals surface area contributed by atoms with Crippen LogP contribution in [-0.4, -0.2) is 44.4 Å². The Bertz CT molecular complexity index is 992. The molecular formula is C24H31ClN2O4S. The summed E-state index contributed by atoms with van der Waals surface area (Å²) < 4.78 is 32.9. The molecule has 1 aliphatic heterocycles. The van der Waals surface area contributed by atoms with Gasteiger partial charge >= 0.3 is 0 Å². The van der Waals surface area contributed by atoms with Gasteiger partial charge in [0.1, 0.15) is 5.75 Å². The molecule has 0 aromatic heterocycles. The third-order valence-corrected chi connectivity index (χ3v) is 7.57. The van der Waals surface area contributed by atoms with Crippen molar-refractivity contribution < 1.29 is 17.9 Å². The van der Waals surface area contributed by atoms with Crippen molar-refractivity contribution in [3.63, 3.8) is 0 Å². The maximum absolute atomic E-state index is 12.9. The SMILES string of the molecule is CC(C)Oc1ccc(CCCNC(=O)C2CCCN(S(=O)(=O)c3ccc(Cl)cc3)C2)cc1. The van der Waals surface area contributed by atoms with Crippen LogP contribution in [0.1, 0.15) is 38.7 Å². The molecule has 0 spiro atoms. The predicted octanol–water partition coefficient (Wildman–Crippen LogP) is 4.28. The second kappa shape index (κ2) is 11.2. The first kappa shape index (κ1) is 24.6. The Morgan fingerprint density at radius 2 is 1.84 bits per heavy atom. The van der Waals surface area contributed by atoms with E-state index in [1.165, 1.54) is 22.0 Å². The first-order chi connectivity index (χ1) is 15.3. The molecule has 2 aromatic carbocycles. The van der Waals surface area contributed by atoms with Crippen LogP contribution in [0.2, 0.25) is 5.02 Å². The summed E-state index contributed by atoms with van der Waals surface area (Å²) in [6.45, 7) is 5.17. The van der Waals surface area contributed by atoms with E-state index in [1.807, 2.05) is 38.1 Å². The molecule has 8 heteroatoms. The second-order valence-electron chi connectivity index (χ2n) is 8.36. The van der Waals surface area contributed by atoms with Crippen molar-refractivity contribution in [1.29, 1.82) is 0 Å². The number of carbonyl (C=O) groups is 1. The quantitative estimate of drug-likeness (QED) is 0.546. The van der Waals surface area contributed by atoms with Gasteiger partial charge in [-0.25, -0.2) is 8.42 Å². The van der Waals surface area contributed by atoms with Gasteiger partial charge in [0.2, 0.25) is 15.9 Å². The van der Waals surface area contributed by atoms with Crippen LogP contribution in [0.3, 0.4) is 0 Å². The van der Waals surface area contributed by atoms with Crippen molar-refractivity contribution in [2.24, 2.45) is 5.92 Å². The number of rotatable bonds is 9. The normalized spacial score (nSPS) is 17.3. The highest BCUT2D eigenvalue weighted by atomic mass is 35.5. The fourth-order valence-electron chi connectivity index (χ4n) is 3.79. The summed E-state index contributed by atoms with van der Waals surface area (Å²) in [5.74, 6) is 0.437. The Morgan fingerprint density at radius 1 is 1.16 bits per heavy atom. The Kier molecular flexibility index (Phi) is 8.57.